The van der Waals surface area contributed by atoms with Gasteiger partial charge in [-0.3, -0.25) is 9.38 Å². The lowest BCUT2D eigenvalue weighted by atomic mass is 10.1. The molecule has 3 aromatic rings. The zero-order chi connectivity index (χ0) is 20.0. The number of alkyl halides is 5. The van der Waals surface area contributed by atoms with Crippen LogP contribution < -0.4 is 4.74 Å². The highest BCUT2D eigenvalue weighted by Crippen LogP contribution is 2.34. The fourth-order valence-corrected chi connectivity index (χ4v) is 2.16. The maximum absolute atomic E-state index is 13.6. The van der Waals surface area contributed by atoms with E-state index in [9.17, 15) is 22.0 Å². The number of fused-ring (bicyclic) bond motifs is 1. The molecule has 0 amide bonds. The van der Waals surface area contributed by atoms with Gasteiger partial charge in [-0.25, -0.2) is 4.98 Å². The Bertz CT molecular complexity index is 960. The first-order chi connectivity index (χ1) is 12.4. The Morgan fingerprint density at radius 3 is 2.19 bits per heavy atom. The smallest absolute Gasteiger partial charge is 0.427 e. The van der Waals surface area contributed by atoms with Gasteiger partial charge >= 0.3 is 12.1 Å². The van der Waals surface area contributed by atoms with E-state index < -0.39 is 23.5 Å². The third-order valence-corrected chi connectivity index (χ3v) is 3.76. The minimum absolute atomic E-state index is 0.134. The number of aromatic nitrogens is 5. The molecule has 11 heteroatoms. The first-order valence-electron chi connectivity index (χ1n) is 7.70. The van der Waals surface area contributed by atoms with Crippen LogP contribution in [0.3, 0.4) is 0 Å². The van der Waals surface area contributed by atoms with Crippen molar-refractivity contribution in [3.63, 3.8) is 0 Å². The maximum Gasteiger partial charge on any atom is 0.427 e. The summed E-state index contributed by atoms with van der Waals surface area (Å²) in [6.45, 7) is 2.47. The van der Waals surface area contributed by atoms with E-state index in [0.29, 0.717) is 12.5 Å². The van der Waals surface area contributed by atoms with Gasteiger partial charge in [-0.2, -0.15) is 22.0 Å². The molecule has 0 radical (unpaired) electrons. The summed E-state index contributed by atoms with van der Waals surface area (Å²) in [5.41, 5.74) is -1.62. The molecular weight excluding hydrogens is 373 g/mol. The van der Waals surface area contributed by atoms with Crippen LogP contribution >= 0.6 is 0 Å². The summed E-state index contributed by atoms with van der Waals surface area (Å²) in [5.74, 6) is -4.00. The van der Waals surface area contributed by atoms with E-state index in [0.717, 1.165) is 18.2 Å². The fourth-order valence-electron chi connectivity index (χ4n) is 2.16. The van der Waals surface area contributed by atoms with Gasteiger partial charge in [0.2, 0.25) is 11.7 Å². The van der Waals surface area contributed by atoms with Crippen LogP contribution in [0.25, 0.3) is 16.9 Å². The van der Waals surface area contributed by atoms with Gasteiger partial charge < -0.3 is 4.74 Å². The van der Waals surface area contributed by atoms with Crippen LogP contribution in [0.2, 0.25) is 0 Å². The molecule has 0 unspecified atom stereocenters. The third-order valence-electron chi connectivity index (χ3n) is 3.76. The third kappa shape index (κ3) is 3.67. The van der Waals surface area contributed by atoms with Crippen LogP contribution in [0.5, 0.6) is 5.88 Å². The topological polar surface area (TPSA) is 65.2 Å². The second-order valence-corrected chi connectivity index (χ2v) is 6.41. The van der Waals surface area contributed by atoms with E-state index >= 15 is 0 Å². The second-order valence-electron chi connectivity index (χ2n) is 6.41. The van der Waals surface area contributed by atoms with Gasteiger partial charge in [0, 0.05) is 30.9 Å². The number of ether oxygens (including phenoxy) is 1. The Morgan fingerprint density at radius 2 is 1.63 bits per heavy atom. The summed E-state index contributed by atoms with van der Waals surface area (Å²) in [5, 5.41) is 7.09. The predicted molar refractivity (Wildman–Crippen MR) is 84.3 cm³/mol. The highest BCUT2D eigenvalue weighted by atomic mass is 19.4. The van der Waals surface area contributed by atoms with E-state index in [4.69, 9.17) is 4.74 Å². The quantitative estimate of drug-likeness (QED) is 0.633. The van der Waals surface area contributed by atoms with Crippen molar-refractivity contribution in [1.82, 2.24) is 24.6 Å². The standard InChI is InChI=1S/C16H14F5N5O/c1-14(2,16(19,20)21)27-12-5-4-9(6-23-12)10-8-26-11(7-22-10)24-25-13(26)15(3,17)18/h4-8H,1-3H3. The van der Waals surface area contributed by atoms with Crippen molar-refractivity contribution in [1.29, 1.82) is 0 Å². The average molecular weight is 387 g/mol. The summed E-state index contributed by atoms with van der Waals surface area (Å²) in [4.78, 5) is 7.93. The van der Waals surface area contributed by atoms with E-state index in [1.165, 1.54) is 30.7 Å². The number of hydrogen-bond acceptors (Lipinski definition) is 5. The molecule has 3 rings (SSSR count). The van der Waals surface area contributed by atoms with Gasteiger partial charge in [0.15, 0.2) is 11.2 Å². The minimum atomic E-state index is -4.57. The number of hydrogen-bond donors (Lipinski definition) is 0. The van der Waals surface area contributed by atoms with Crippen molar-refractivity contribution < 1.29 is 26.7 Å². The number of rotatable bonds is 4. The lowest BCUT2D eigenvalue weighted by Gasteiger charge is -2.28. The number of nitrogens with zero attached hydrogens (tertiary/aromatic N) is 5. The Kier molecular flexibility index (Phi) is 4.28. The van der Waals surface area contributed by atoms with Crippen molar-refractivity contribution in [2.24, 2.45) is 0 Å². The SMILES string of the molecule is CC(F)(F)c1nnc2cnc(-c3ccc(OC(C)(C)C(F)(F)F)nc3)cn12. The molecule has 0 bridgehead atoms. The normalized spacial score (nSPS) is 13.2. The molecule has 27 heavy (non-hydrogen) atoms. The number of halogens is 5. The van der Waals surface area contributed by atoms with Crippen molar-refractivity contribution in [2.45, 2.75) is 38.5 Å². The van der Waals surface area contributed by atoms with Crippen molar-refractivity contribution in [2.75, 3.05) is 0 Å². The Balaban J connectivity index is 1.91. The summed E-state index contributed by atoms with van der Waals surface area (Å²) in [6, 6.07) is 2.67. The Hall–Kier alpha value is -2.85. The number of pyridine rings is 1. The zero-order valence-corrected chi connectivity index (χ0v) is 14.4. The molecule has 0 spiro atoms. The molecule has 0 atom stereocenters. The van der Waals surface area contributed by atoms with Gasteiger partial charge in [0.1, 0.15) is 0 Å². The van der Waals surface area contributed by atoms with E-state index in [1.54, 1.807) is 0 Å². The summed E-state index contributed by atoms with van der Waals surface area (Å²) >= 11 is 0. The molecule has 0 aliphatic carbocycles. The first kappa shape index (κ1) is 18.9. The molecule has 3 aromatic heterocycles. The molecule has 3 heterocycles. The Labute approximate surface area is 150 Å². The Morgan fingerprint density at radius 1 is 0.926 bits per heavy atom. The van der Waals surface area contributed by atoms with Crippen molar-refractivity contribution in [3.8, 4) is 17.1 Å². The van der Waals surface area contributed by atoms with Crippen molar-refractivity contribution in [3.05, 3.63) is 36.5 Å². The van der Waals surface area contributed by atoms with Gasteiger partial charge in [0.25, 0.3) is 0 Å². The molecule has 0 fully saturated rings. The van der Waals surface area contributed by atoms with E-state index in [2.05, 4.69) is 20.2 Å². The summed E-state index contributed by atoms with van der Waals surface area (Å²) in [6.07, 6.45) is -0.770. The monoisotopic (exact) mass is 387 g/mol. The van der Waals surface area contributed by atoms with E-state index in [-0.39, 0.29) is 17.2 Å². The molecule has 6 nitrogen and oxygen atoms in total. The minimum Gasteiger partial charge on any atom is -0.462 e. The van der Waals surface area contributed by atoms with Gasteiger partial charge in [-0.05, 0) is 19.9 Å². The highest BCUT2D eigenvalue weighted by Gasteiger charge is 2.50. The van der Waals surface area contributed by atoms with E-state index in [1.807, 2.05) is 0 Å². The molecule has 0 aliphatic heterocycles. The lowest BCUT2D eigenvalue weighted by molar-refractivity contribution is -0.235. The average Bonchev–Trinajstić information content (AvgIpc) is 2.97. The second kappa shape index (κ2) is 6.10. The molecule has 0 saturated carbocycles. The van der Waals surface area contributed by atoms with Crippen LogP contribution in [-0.4, -0.2) is 36.3 Å². The molecular formula is C16H14F5N5O. The summed E-state index contributed by atoms with van der Waals surface area (Å²) in [7, 11) is 0. The first-order valence-corrected chi connectivity index (χ1v) is 7.70. The van der Waals surface area contributed by atoms with Crippen molar-refractivity contribution >= 4 is 5.65 Å². The molecule has 0 aliphatic rings. The van der Waals surface area contributed by atoms with Crippen LogP contribution in [0.15, 0.2) is 30.7 Å². The molecule has 0 saturated heterocycles. The predicted octanol–water partition coefficient (Wildman–Crippen LogP) is 4.02. The van der Waals surface area contributed by atoms with Gasteiger partial charge in [-0.1, -0.05) is 0 Å². The highest BCUT2D eigenvalue weighted by molar-refractivity contribution is 5.59. The maximum atomic E-state index is 13.6. The van der Waals surface area contributed by atoms with Crippen LogP contribution in [-0.2, 0) is 5.92 Å². The van der Waals surface area contributed by atoms with Crippen LogP contribution in [0, 0.1) is 0 Å². The molecule has 0 N–H and O–H groups in total. The summed E-state index contributed by atoms with van der Waals surface area (Å²) < 4.78 is 71.8. The van der Waals surface area contributed by atoms with Crippen LogP contribution in [0.1, 0.15) is 26.6 Å². The molecule has 0 aromatic carbocycles. The molecule has 144 valence electrons. The van der Waals surface area contributed by atoms with Gasteiger partial charge in [-0.15, -0.1) is 10.2 Å². The fraction of sp³-hybridized carbons (Fsp3) is 0.375. The van der Waals surface area contributed by atoms with Crippen LogP contribution in [0.4, 0.5) is 22.0 Å². The largest absolute Gasteiger partial charge is 0.462 e. The lowest BCUT2D eigenvalue weighted by Crippen LogP contribution is -2.44. The zero-order valence-electron chi connectivity index (χ0n) is 14.4. The van der Waals surface area contributed by atoms with Gasteiger partial charge in [0.05, 0.1) is 11.9 Å².